The fourth-order valence-electron chi connectivity index (χ4n) is 9.12. The van der Waals surface area contributed by atoms with Gasteiger partial charge in [-0.15, -0.1) is 0 Å². The third kappa shape index (κ3) is 6.34. The van der Waals surface area contributed by atoms with Crippen LogP contribution in [0.1, 0.15) is 93.4 Å². The molecule has 6 aliphatic rings. The lowest BCUT2D eigenvalue weighted by atomic mass is 9.84. The first-order valence-electron chi connectivity index (χ1n) is 19.7. The van der Waals surface area contributed by atoms with Crippen molar-refractivity contribution in [2.24, 2.45) is 11.8 Å². The predicted octanol–water partition coefficient (Wildman–Crippen LogP) is 13.4. The number of nitrogens with zero attached hydrogens (tertiary/aromatic N) is 2. The molecule has 9 rings (SSSR count). The molecule has 1 heterocycles. The van der Waals surface area contributed by atoms with Gasteiger partial charge in [0.2, 0.25) is 0 Å². The van der Waals surface area contributed by atoms with Gasteiger partial charge < -0.3 is 9.80 Å². The van der Waals surface area contributed by atoms with E-state index in [1.54, 1.807) is 0 Å². The van der Waals surface area contributed by atoms with Gasteiger partial charge in [-0.1, -0.05) is 129 Å². The summed E-state index contributed by atoms with van der Waals surface area (Å²) in [5.74, 6) is 1.55. The Balaban J connectivity index is 1.05. The second kappa shape index (κ2) is 14.2. The van der Waals surface area contributed by atoms with E-state index in [9.17, 15) is 0 Å². The number of allylic oxidation sites excluding steroid dienone is 15. The number of anilines is 3. The Kier molecular flexibility index (Phi) is 8.93. The average Bonchev–Trinajstić information content (AvgIpc) is 3.52. The standard InChI is InChI=1S/C50H50N2/c1-35-10-9-15-45(32-35)51(43-25-21-42(22-26-43)40-19-17-39(18-20-40)37-11-5-3-6-12-37)46-29-31-48-47-30-16-36(2)33-49(47)52(50(48)34-46)44-27-23-41(24-28-44)38-13-7-4-8-14-38/h3-5,7,9,11,13,15,17-25,27-29,31-36,43,47H,6,8,10,12,14,16,26,30H2,1-2H3. The summed E-state index contributed by atoms with van der Waals surface area (Å²) >= 11 is 0. The van der Waals surface area contributed by atoms with Crippen LogP contribution in [-0.2, 0) is 0 Å². The van der Waals surface area contributed by atoms with Crippen LogP contribution >= 0.6 is 0 Å². The highest BCUT2D eigenvalue weighted by molar-refractivity contribution is 5.83. The molecule has 5 aliphatic carbocycles. The van der Waals surface area contributed by atoms with Crippen molar-refractivity contribution in [2.45, 2.75) is 77.2 Å². The van der Waals surface area contributed by atoms with Crippen LogP contribution in [0.2, 0.25) is 0 Å². The number of rotatable bonds is 7. The van der Waals surface area contributed by atoms with Gasteiger partial charge >= 0.3 is 0 Å². The molecule has 0 radical (unpaired) electrons. The zero-order valence-electron chi connectivity index (χ0n) is 30.7. The van der Waals surface area contributed by atoms with E-state index in [1.165, 1.54) is 80.3 Å². The molecule has 4 atom stereocenters. The molecule has 0 N–H and O–H groups in total. The maximum Gasteiger partial charge on any atom is 0.0560 e. The topological polar surface area (TPSA) is 6.48 Å². The molecule has 0 amide bonds. The zero-order valence-corrected chi connectivity index (χ0v) is 30.7. The minimum absolute atomic E-state index is 0.231. The molecule has 2 heteroatoms. The summed E-state index contributed by atoms with van der Waals surface area (Å²) < 4.78 is 0. The summed E-state index contributed by atoms with van der Waals surface area (Å²) in [5.41, 5.74) is 16.3. The first-order valence-corrected chi connectivity index (χ1v) is 19.7. The van der Waals surface area contributed by atoms with E-state index in [1.807, 2.05) is 0 Å². The van der Waals surface area contributed by atoms with Crippen molar-refractivity contribution in [3.05, 3.63) is 179 Å². The highest BCUT2D eigenvalue weighted by Crippen LogP contribution is 2.53. The number of hydrogen-bond acceptors (Lipinski definition) is 2. The number of benzene rings is 3. The molecule has 2 nitrogen and oxygen atoms in total. The van der Waals surface area contributed by atoms with E-state index in [0.717, 1.165) is 38.5 Å². The highest BCUT2D eigenvalue weighted by Gasteiger charge is 2.38. The Morgan fingerprint density at radius 3 is 2.04 bits per heavy atom. The van der Waals surface area contributed by atoms with Gasteiger partial charge in [0.05, 0.1) is 11.7 Å². The van der Waals surface area contributed by atoms with E-state index in [0.29, 0.717) is 17.8 Å². The molecule has 1 aliphatic heterocycles. The molecular weight excluding hydrogens is 629 g/mol. The average molecular weight is 679 g/mol. The molecule has 0 bridgehead atoms. The molecule has 52 heavy (non-hydrogen) atoms. The van der Waals surface area contributed by atoms with Gasteiger partial charge in [0.15, 0.2) is 0 Å². The second-order valence-electron chi connectivity index (χ2n) is 15.6. The van der Waals surface area contributed by atoms with Gasteiger partial charge in [0.25, 0.3) is 0 Å². The van der Waals surface area contributed by atoms with Crippen LogP contribution in [0.25, 0.3) is 16.7 Å². The van der Waals surface area contributed by atoms with Crippen LogP contribution in [0, 0.1) is 11.8 Å². The first-order chi connectivity index (χ1) is 25.6. The Morgan fingerprint density at radius 1 is 0.673 bits per heavy atom. The summed E-state index contributed by atoms with van der Waals surface area (Å²) in [7, 11) is 0. The van der Waals surface area contributed by atoms with Gasteiger partial charge in [0, 0.05) is 28.7 Å². The lowest BCUT2D eigenvalue weighted by Crippen LogP contribution is -2.34. The van der Waals surface area contributed by atoms with Crippen molar-refractivity contribution < 1.29 is 0 Å². The SMILES string of the molecule is CC1C=C(N(c2ccc3c(c2)N(c2ccc(C4=CC=CCC4)cc2)C2=CC(C)CCC23)C2C=CC(c3ccc(C4=CC=CCC4)cc3)=CC2)C=CC1. The normalized spacial score (nSPS) is 24.7. The minimum Gasteiger partial charge on any atom is -0.334 e. The zero-order chi connectivity index (χ0) is 35.0. The molecule has 0 spiro atoms. The molecule has 0 aromatic heterocycles. The predicted molar refractivity (Wildman–Crippen MR) is 222 cm³/mol. The fraction of sp³-hybridized carbons (Fsp3) is 0.280. The maximum atomic E-state index is 2.60. The third-order valence-electron chi connectivity index (χ3n) is 11.9. The van der Waals surface area contributed by atoms with Crippen LogP contribution < -0.4 is 9.80 Å². The maximum absolute atomic E-state index is 2.60. The summed E-state index contributed by atoms with van der Waals surface area (Å²) in [6.45, 7) is 4.72. The summed E-state index contributed by atoms with van der Waals surface area (Å²) in [6.07, 6.45) is 39.4. The van der Waals surface area contributed by atoms with Crippen molar-refractivity contribution in [2.75, 3.05) is 9.80 Å². The fourth-order valence-corrected chi connectivity index (χ4v) is 9.12. The van der Waals surface area contributed by atoms with Crippen molar-refractivity contribution in [1.29, 1.82) is 0 Å². The van der Waals surface area contributed by atoms with E-state index < -0.39 is 0 Å². The monoisotopic (exact) mass is 678 g/mol. The summed E-state index contributed by atoms with van der Waals surface area (Å²) in [4.78, 5) is 5.19. The summed E-state index contributed by atoms with van der Waals surface area (Å²) in [6, 6.07) is 26.2. The summed E-state index contributed by atoms with van der Waals surface area (Å²) in [5, 5.41) is 0. The Hall–Kier alpha value is -5.08. The van der Waals surface area contributed by atoms with Gasteiger partial charge in [-0.3, -0.25) is 0 Å². The van der Waals surface area contributed by atoms with Crippen LogP contribution in [-0.4, -0.2) is 6.04 Å². The largest absolute Gasteiger partial charge is 0.334 e. The van der Waals surface area contributed by atoms with Crippen LogP contribution in [0.4, 0.5) is 17.1 Å². The first kappa shape index (κ1) is 32.8. The van der Waals surface area contributed by atoms with Gasteiger partial charge in [-0.25, -0.2) is 0 Å². The molecule has 260 valence electrons. The highest BCUT2D eigenvalue weighted by atomic mass is 15.2. The van der Waals surface area contributed by atoms with Crippen molar-refractivity contribution in [3.63, 3.8) is 0 Å². The van der Waals surface area contributed by atoms with E-state index >= 15 is 0 Å². The van der Waals surface area contributed by atoms with Gasteiger partial charge in [-0.05, 0) is 133 Å². The van der Waals surface area contributed by atoms with Gasteiger partial charge in [-0.2, -0.15) is 0 Å². The number of fused-ring (bicyclic) bond motifs is 3. The van der Waals surface area contributed by atoms with Crippen molar-refractivity contribution in [3.8, 4) is 0 Å². The molecular formula is C50H50N2. The quantitative estimate of drug-likeness (QED) is 0.245. The Morgan fingerprint density at radius 2 is 1.38 bits per heavy atom. The van der Waals surface area contributed by atoms with Gasteiger partial charge in [0.1, 0.15) is 0 Å². The lowest BCUT2D eigenvalue weighted by Gasteiger charge is -2.36. The molecule has 3 aromatic rings. The molecule has 4 unspecified atom stereocenters. The van der Waals surface area contributed by atoms with Crippen LogP contribution in [0.15, 0.2) is 157 Å². The minimum atomic E-state index is 0.231. The molecule has 0 fully saturated rings. The lowest BCUT2D eigenvalue weighted by molar-refractivity contribution is 0.531. The smallest absolute Gasteiger partial charge is 0.0560 e. The van der Waals surface area contributed by atoms with Crippen molar-refractivity contribution >= 4 is 33.8 Å². The molecule has 0 saturated carbocycles. The van der Waals surface area contributed by atoms with E-state index in [4.69, 9.17) is 0 Å². The Labute approximate surface area is 311 Å². The van der Waals surface area contributed by atoms with Crippen LogP contribution in [0.5, 0.6) is 0 Å². The molecule has 0 saturated heterocycles. The third-order valence-corrected chi connectivity index (χ3v) is 11.9. The van der Waals surface area contributed by atoms with Crippen LogP contribution in [0.3, 0.4) is 0 Å². The number of hydrogen-bond donors (Lipinski definition) is 0. The van der Waals surface area contributed by atoms with E-state index in [2.05, 4.69) is 169 Å². The van der Waals surface area contributed by atoms with E-state index in [-0.39, 0.29) is 6.04 Å². The van der Waals surface area contributed by atoms with Crippen molar-refractivity contribution in [1.82, 2.24) is 0 Å². The Bertz CT molecular complexity index is 2120. The molecule has 3 aromatic carbocycles. The second-order valence-corrected chi connectivity index (χ2v) is 15.6.